The van der Waals surface area contributed by atoms with E-state index in [1.54, 1.807) is 18.5 Å². The molecule has 3 nitrogen and oxygen atoms in total. The minimum absolute atomic E-state index is 0.306. The molecule has 0 aromatic carbocycles. The van der Waals surface area contributed by atoms with Crippen LogP contribution >= 0.6 is 0 Å². The number of nitrogens with zero attached hydrogens (tertiary/aromatic N) is 1. The van der Waals surface area contributed by atoms with Gasteiger partial charge in [0.25, 0.3) is 6.43 Å². The summed E-state index contributed by atoms with van der Waals surface area (Å²) in [5, 5.41) is 0. The van der Waals surface area contributed by atoms with Crippen LogP contribution in [0.3, 0.4) is 0 Å². The second kappa shape index (κ2) is 4.35. The number of aromatic nitrogens is 1. The van der Waals surface area contributed by atoms with Crippen LogP contribution in [0.2, 0.25) is 0 Å². The van der Waals surface area contributed by atoms with E-state index in [1.807, 2.05) is 27.7 Å². The van der Waals surface area contributed by atoms with E-state index in [-0.39, 0.29) is 6.54 Å². The molecule has 6 heteroatoms. The summed E-state index contributed by atoms with van der Waals surface area (Å²) in [6.45, 7) is 7.54. The fourth-order valence-corrected chi connectivity index (χ4v) is 1.85. The molecule has 0 spiro atoms. The summed E-state index contributed by atoms with van der Waals surface area (Å²) in [5.41, 5.74) is -0.0559. The van der Waals surface area contributed by atoms with E-state index in [4.69, 9.17) is 9.31 Å². The van der Waals surface area contributed by atoms with Crippen LogP contribution in [0.1, 0.15) is 27.7 Å². The van der Waals surface area contributed by atoms with Crippen LogP contribution in [0, 0.1) is 0 Å². The lowest BCUT2D eigenvalue weighted by atomic mass is 9.81. The number of rotatable bonds is 3. The summed E-state index contributed by atoms with van der Waals surface area (Å²) in [5.74, 6) is 0. The van der Waals surface area contributed by atoms with Crippen LogP contribution in [-0.2, 0) is 15.9 Å². The molecule has 1 aromatic rings. The smallest absolute Gasteiger partial charge is 0.399 e. The van der Waals surface area contributed by atoms with E-state index in [9.17, 15) is 8.78 Å². The Morgan fingerprint density at radius 3 is 2.28 bits per heavy atom. The first-order valence-corrected chi connectivity index (χ1v) is 6.01. The van der Waals surface area contributed by atoms with E-state index in [0.717, 1.165) is 5.46 Å². The molecule has 1 aliphatic heterocycles. The molecule has 0 amide bonds. The zero-order valence-electron chi connectivity index (χ0n) is 11.1. The molecule has 0 bridgehead atoms. The van der Waals surface area contributed by atoms with E-state index in [2.05, 4.69) is 0 Å². The third-order valence-corrected chi connectivity index (χ3v) is 3.65. The number of hydrogen-bond donors (Lipinski definition) is 0. The van der Waals surface area contributed by atoms with Crippen molar-refractivity contribution >= 4 is 12.6 Å². The topological polar surface area (TPSA) is 23.4 Å². The summed E-state index contributed by atoms with van der Waals surface area (Å²) >= 11 is 0. The van der Waals surface area contributed by atoms with Crippen molar-refractivity contribution in [3.63, 3.8) is 0 Å². The van der Waals surface area contributed by atoms with E-state index in [0.29, 0.717) is 0 Å². The summed E-state index contributed by atoms with van der Waals surface area (Å²) in [6, 6.07) is 1.75. The fraction of sp³-hybridized carbons (Fsp3) is 0.667. The largest absolute Gasteiger partial charge is 0.496 e. The first-order valence-electron chi connectivity index (χ1n) is 6.01. The van der Waals surface area contributed by atoms with Gasteiger partial charge in [0.1, 0.15) is 0 Å². The van der Waals surface area contributed by atoms with Gasteiger partial charge in [-0.05, 0) is 33.8 Å². The Balaban J connectivity index is 2.12. The molecule has 0 saturated carbocycles. The minimum Gasteiger partial charge on any atom is -0.399 e. The Labute approximate surface area is 106 Å². The highest BCUT2D eigenvalue weighted by atomic mass is 19.3. The Morgan fingerprint density at radius 2 is 1.78 bits per heavy atom. The van der Waals surface area contributed by atoms with Crippen molar-refractivity contribution in [1.82, 2.24) is 4.57 Å². The second-order valence-electron chi connectivity index (χ2n) is 5.62. The quantitative estimate of drug-likeness (QED) is 0.773. The van der Waals surface area contributed by atoms with Crippen molar-refractivity contribution in [1.29, 1.82) is 0 Å². The van der Waals surface area contributed by atoms with Gasteiger partial charge in [-0.15, -0.1) is 0 Å². The normalized spacial score (nSPS) is 21.8. The van der Waals surface area contributed by atoms with E-state index < -0.39 is 24.7 Å². The van der Waals surface area contributed by atoms with Gasteiger partial charge in [0.15, 0.2) is 0 Å². The van der Waals surface area contributed by atoms with Gasteiger partial charge in [-0.3, -0.25) is 0 Å². The first-order chi connectivity index (χ1) is 8.21. The standard InChI is InChI=1S/C12H18BF2NO2/c1-11(2)12(3,4)18-13(17-11)9-5-6-16(7-9)8-10(14)15/h5-7,10H,8H2,1-4H3. The Morgan fingerprint density at radius 1 is 1.22 bits per heavy atom. The summed E-state index contributed by atoms with van der Waals surface area (Å²) < 4.78 is 37.7. The highest BCUT2D eigenvalue weighted by Gasteiger charge is 2.51. The van der Waals surface area contributed by atoms with Crippen LogP contribution in [0.5, 0.6) is 0 Å². The van der Waals surface area contributed by atoms with Gasteiger partial charge in [0.05, 0.1) is 17.7 Å². The van der Waals surface area contributed by atoms with Crippen LogP contribution in [0.4, 0.5) is 8.78 Å². The summed E-state index contributed by atoms with van der Waals surface area (Å²) in [7, 11) is -0.492. The molecule has 0 aliphatic carbocycles. The zero-order chi connectivity index (χ0) is 13.6. The molecule has 1 aromatic heterocycles. The minimum atomic E-state index is -2.36. The lowest BCUT2D eigenvalue weighted by molar-refractivity contribution is 0.00578. The van der Waals surface area contributed by atoms with E-state index >= 15 is 0 Å². The fourth-order valence-electron chi connectivity index (χ4n) is 1.85. The summed E-state index contributed by atoms with van der Waals surface area (Å²) in [6.07, 6.45) is 0.907. The van der Waals surface area contributed by atoms with Crippen LogP contribution in [-0.4, -0.2) is 29.3 Å². The molecule has 1 aliphatic rings. The molecule has 0 radical (unpaired) electrons. The number of hydrogen-bond acceptors (Lipinski definition) is 2. The third-order valence-electron chi connectivity index (χ3n) is 3.65. The Hall–Kier alpha value is -0.875. The van der Waals surface area contributed by atoms with Crippen LogP contribution in [0.15, 0.2) is 18.5 Å². The monoisotopic (exact) mass is 257 g/mol. The maximum absolute atomic E-state index is 12.3. The predicted molar refractivity (Wildman–Crippen MR) is 66.2 cm³/mol. The lowest BCUT2D eigenvalue weighted by Gasteiger charge is -2.32. The van der Waals surface area contributed by atoms with Crippen molar-refractivity contribution < 1.29 is 18.1 Å². The van der Waals surface area contributed by atoms with Crippen molar-refractivity contribution in [2.75, 3.05) is 0 Å². The van der Waals surface area contributed by atoms with Crippen molar-refractivity contribution in [3.8, 4) is 0 Å². The Kier molecular flexibility index (Phi) is 3.27. The molecule has 100 valence electrons. The lowest BCUT2D eigenvalue weighted by Crippen LogP contribution is -2.41. The molecule has 0 N–H and O–H groups in total. The van der Waals surface area contributed by atoms with Crippen molar-refractivity contribution in [3.05, 3.63) is 18.5 Å². The molecule has 2 rings (SSSR count). The van der Waals surface area contributed by atoms with Crippen molar-refractivity contribution in [2.45, 2.75) is 51.9 Å². The van der Waals surface area contributed by atoms with Crippen LogP contribution in [0.25, 0.3) is 0 Å². The first kappa shape index (κ1) is 13.6. The molecule has 0 unspecified atom stereocenters. The van der Waals surface area contributed by atoms with Gasteiger partial charge in [-0.2, -0.15) is 0 Å². The number of halogens is 2. The molecule has 1 saturated heterocycles. The average molecular weight is 257 g/mol. The predicted octanol–water partition coefficient (Wildman–Crippen LogP) is 2.05. The van der Waals surface area contributed by atoms with E-state index in [1.165, 1.54) is 4.57 Å². The Bertz CT molecular complexity index is 415. The van der Waals surface area contributed by atoms with Gasteiger partial charge in [0, 0.05) is 17.9 Å². The summed E-state index contributed by atoms with van der Waals surface area (Å²) in [4.78, 5) is 0. The van der Waals surface area contributed by atoms with Gasteiger partial charge in [0.2, 0.25) is 0 Å². The maximum atomic E-state index is 12.3. The molecule has 1 fully saturated rings. The second-order valence-corrected chi connectivity index (χ2v) is 5.62. The number of alkyl halides is 2. The van der Waals surface area contributed by atoms with Gasteiger partial charge < -0.3 is 13.9 Å². The van der Waals surface area contributed by atoms with Crippen molar-refractivity contribution in [2.24, 2.45) is 0 Å². The van der Waals surface area contributed by atoms with Crippen LogP contribution < -0.4 is 5.46 Å². The molecular formula is C12H18BF2NO2. The average Bonchev–Trinajstić information content (AvgIpc) is 2.70. The van der Waals surface area contributed by atoms with Gasteiger partial charge >= 0.3 is 7.12 Å². The molecular weight excluding hydrogens is 239 g/mol. The molecule has 0 atom stereocenters. The third kappa shape index (κ3) is 2.45. The maximum Gasteiger partial charge on any atom is 0.496 e. The van der Waals surface area contributed by atoms with Gasteiger partial charge in [-0.25, -0.2) is 8.78 Å². The highest BCUT2D eigenvalue weighted by molar-refractivity contribution is 6.62. The van der Waals surface area contributed by atoms with Gasteiger partial charge in [-0.1, -0.05) is 0 Å². The SMILES string of the molecule is CC1(C)OB(c2ccn(CC(F)F)c2)OC1(C)C. The molecule has 2 heterocycles. The highest BCUT2D eigenvalue weighted by Crippen LogP contribution is 2.36. The molecule has 18 heavy (non-hydrogen) atoms. The zero-order valence-corrected chi connectivity index (χ0v) is 11.1.